The number of piperidine rings is 1. The minimum atomic E-state index is -4.41. The van der Waals surface area contributed by atoms with Crippen LogP contribution in [0.4, 0.5) is 13.2 Å². The zero-order valence-electron chi connectivity index (χ0n) is 25.2. The summed E-state index contributed by atoms with van der Waals surface area (Å²) in [5.41, 5.74) is 1.86. The molecule has 1 aliphatic rings. The van der Waals surface area contributed by atoms with Gasteiger partial charge in [0.2, 0.25) is 0 Å². The fourth-order valence-electron chi connectivity index (χ4n) is 6.27. The third-order valence-electron chi connectivity index (χ3n) is 9.01. The minimum absolute atomic E-state index is 0.0720. The van der Waals surface area contributed by atoms with Crippen LogP contribution >= 0.6 is 0 Å². The fourth-order valence-corrected chi connectivity index (χ4v) is 6.27. The Morgan fingerprint density at radius 3 is 2.14 bits per heavy atom. The number of benzene rings is 3. The Kier molecular flexibility index (Phi) is 10.7. The van der Waals surface area contributed by atoms with Crippen LogP contribution in [0.25, 0.3) is 11.1 Å². The summed E-state index contributed by atoms with van der Waals surface area (Å²) in [6, 6.07) is 22.3. The molecule has 1 amide bonds. The number of amides is 1. The fraction of sp³-hybridized carbons (Fsp3) is 0.429. The molecule has 0 N–H and O–H groups in total. The van der Waals surface area contributed by atoms with Crippen molar-refractivity contribution in [1.29, 1.82) is 0 Å². The highest BCUT2D eigenvalue weighted by atomic mass is 19.4. The van der Waals surface area contributed by atoms with Crippen molar-refractivity contribution in [3.8, 4) is 11.1 Å². The number of ether oxygens (including phenoxy) is 1. The Hall–Kier alpha value is -3.65. The van der Waals surface area contributed by atoms with Crippen LogP contribution in [0.5, 0.6) is 0 Å². The molecule has 3 aromatic carbocycles. The molecular weight excluding hydrogens is 553 g/mol. The summed E-state index contributed by atoms with van der Waals surface area (Å²) in [6.07, 6.45) is 0.283. The van der Waals surface area contributed by atoms with E-state index in [0.29, 0.717) is 23.1 Å². The van der Waals surface area contributed by atoms with Crippen molar-refractivity contribution in [2.24, 2.45) is 0 Å². The molecule has 5 nitrogen and oxygen atoms in total. The van der Waals surface area contributed by atoms with Crippen molar-refractivity contribution in [2.75, 3.05) is 33.8 Å². The number of esters is 1. The second kappa shape index (κ2) is 14.2. The third kappa shape index (κ3) is 7.85. The lowest BCUT2D eigenvalue weighted by molar-refractivity contribution is -0.142. The second-order valence-electron chi connectivity index (χ2n) is 11.5. The van der Waals surface area contributed by atoms with Crippen molar-refractivity contribution in [1.82, 2.24) is 9.80 Å². The lowest BCUT2D eigenvalue weighted by atomic mass is 9.72. The number of carbonyl (C=O) groups excluding carboxylic acids is 2. The highest BCUT2D eigenvalue weighted by molar-refractivity contribution is 6.01. The van der Waals surface area contributed by atoms with Crippen LogP contribution in [0.15, 0.2) is 78.9 Å². The molecule has 1 saturated heterocycles. The molecule has 43 heavy (non-hydrogen) atoms. The number of alkyl halides is 3. The summed E-state index contributed by atoms with van der Waals surface area (Å²) in [5.74, 6) is -0.327. The molecule has 0 saturated carbocycles. The van der Waals surface area contributed by atoms with E-state index in [2.05, 4.69) is 24.0 Å². The highest BCUT2D eigenvalue weighted by Gasteiger charge is 2.34. The number of nitrogens with zero attached hydrogens (tertiary/aromatic N) is 2. The van der Waals surface area contributed by atoms with Gasteiger partial charge in [0, 0.05) is 37.2 Å². The van der Waals surface area contributed by atoms with Gasteiger partial charge in [-0.15, -0.1) is 0 Å². The summed E-state index contributed by atoms with van der Waals surface area (Å²) in [4.78, 5) is 30.1. The number of methoxy groups -OCH3 is 1. The van der Waals surface area contributed by atoms with Gasteiger partial charge < -0.3 is 14.5 Å². The van der Waals surface area contributed by atoms with Gasteiger partial charge >= 0.3 is 12.1 Å². The maximum atomic E-state index is 13.6. The quantitative estimate of drug-likeness (QED) is 0.215. The summed E-state index contributed by atoms with van der Waals surface area (Å²) < 4.78 is 44.2. The van der Waals surface area contributed by atoms with Crippen LogP contribution in [0.3, 0.4) is 0 Å². The smallest absolute Gasteiger partial charge is 0.416 e. The van der Waals surface area contributed by atoms with Gasteiger partial charge in [-0.2, -0.15) is 13.2 Å². The maximum Gasteiger partial charge on any atom is 0.416 e. The lowest BCUT2D eigenvalue weighted by Crippen LogP contribution is -2.46. The largest absolute Gasteiger partial charge is 0.469 e. The number of halogens is 3. The van der Waals surface area contributed by atoms with Crippen molar-refractivity contribution in [3.63, 3.8) is 0 Å². The Morgan fingerprint density at radius 1 is 0.907 bits per heavy atom. The summed E-state index contributed by atoms with van der Waals surface area (Å²) in [7, 11) is 3.25. The van der Waals surface area contributed by atoms with Crippen molar-refractivity contribution < 1.29 is 27.5 Å². The lowest BCUT2D eigenvalue weighted by Gasteiger charge is -2.38. The number of likely N-dealkylation sites (tertiary alicyclic amines) is 1. The Labute approximate surface area is 252 Å². The molecule has 1 heterocycles. The first-order valence-corrected chi connectivity index (χ1v) is 15.0. The third-order valence-corrected chi connectivity index (χ3v) is 9.01. The first-order valence-electron chi connectivity index (χ1n) is 15.0. The molecule has 0 aromatic heterocycles. The second-order valence-corrected chi connectivity index (χ2v) is 11.5. The Morgan fingerprint density at radius 2 is 1.53 bits per heavy atom. The normalized spacial score (nSPS) is 16.0. The molecule has 0 bridgehead atoms. The first-order chi connectivity index (χ1) is 20.6. The Balaban J connectivity index is 1.35. The van der Waals surface area contributed by atoms with Gasteiger partial charge in [0.25, 0.3) is 5.91 Å². The molecule has 0 spiro atoms. The standard InChI is InChI=1S/C35H41F3N2O3/c1-4-34(25-32(41)43-3,27-11-6-5-7-12-27)21-10-22-40-23-19-29(20-24-40)39(2)33(42)31-14-9-8-13-30(31)26-15-17-28(18-16-26)35(36,37)38/h5-9,11-18,29H,4,10,19-25H2,1-3H3. The van der Waals surface area contributed by atoms with Gasteiger partial charge in [0.15, 0.2) is 0 Å². The van der Waals surface area contributed by atoms with E-state index in [1.165, 1.54) is 24.8 Å². The van der Waals surface area contributed by atoms with Crippen LogP contribution in [0, 0.1) is 0 Å². The predicted molar refractivity (Wildman–Crippen MR) is 163 cm³/mol. The van der Waals surface area contributed by atoms with E-state index in [1.54, 1.807) is 29.2 Å². The number of hydrogen-bond acceptors (Lipinski definition) is 4. The van der Waals surface area contributed by atoms with Gasteiger partial charge in [-0.1, -0.05) is 67.6 Å². The van der Waals surface area contributed by atoms with Crippen LogP contribution < -0.4 is 0 Å². The molecule has 1 unspecified atom stereocenters. The van der Waals surface area contributed by atoms with E-state index < -0.39 is 11.7 Å². The van der Waals surface area contributed by atoms with Gasteiger partial charge in [0.1, 0.15) is 0 Å². The molecular formula is C35H41F3N2O3. The molecule has 0 radical (unpaired) electrons. The van der Waals surface area contributed by atoms with Crippen LogP contribution in [-0.2, 0) is 21.1 Å². The molecule has 1 fully saturated rings. The van der Waals surface area contributed by atoms with E-state index in [1.807, 2.05) is 25.2 Å². The molecule has 230 valence electrons. The van der Waals surface area contributed by atoms with Crippen LogP contribution in [0.1, 0.15) is 66.9 Å². The zero-order valence-corrected chi connectivity index (χ0v) is 25.2. The molecule has 1 aliphatic heterocycles. The van der Waals surface area contributed by atoms with Crippen molar-refractivity contribution in [3.05, 3.63) is 95.6 Å². The van der Waals surface area contributed by atoms with Gasteiger partial charge in [-0.25, -0.2) is 0 Å². The van der Waals surface area contributed by atoms with Gasteiger partial charge in [0.05, 0.1) is 19.1 Å². The van der Waals surface area contributed by atoms with Crippen LogP contribution in [0.2, 0.25) is 0 Å². The average Bonchev–Trinajstić information content (AvgIpc) is 3.04. The average molecular weight is 595 g/mol. The molecule has 4 rings (SSSR count). The predicted octanol–water partition coefficient (Wildman–Crippen LogP) is 7.60. The minimum Gasteiger partial charge on any atom is -0.469 e. The van der Waals surface area contributed by atoms with E-state index >= 15 is 0 Å². The number of rotatable bonds is 11. The summed E-state index contributed by atoms with van der Waals surface area (Å²) in [5, 5.41) is 0. The van der Waals surface area contributed by atoms with E-state index in [0.717, 1.165) is 63.9 Å². The Bertz CT molecular complexity index is 1350. The summed E-state index contributed by atoms with van der Waals surface area (Å²) in [6.45, 7) is 4.77. The van der Waals surface area contributed by atoms with E-state index in [4.69, 9.17) is 4.74 Å². The zero-order chi connectivity index (χ0) is 31.0. The highest BCUT2D eigenvalue weighted by Crippen LogP contribution is 2.37. The van der Waals surface area contributed by atoms with Gasteiger partial charge in [-0.3, -0.25) is 9.59 Å². The number of hydrogen-bond donors (Lipinski definition) is 0. The topological polar surface area (TPSA) is 49.9 Å². The molecule has 8 heteroatoms. The molecule has 0 aliphatic carbocycles. The molecule has 3 aromatic rings. The molecule has 1 atom stereocenters. The van der Waals surface area contributed by atoms with E-state index in [-0.39, 0.29) is 23.3 Å². The van der Waals surface area contributed by atoms with Crippen molar-refractivity contribution in [2.45, 2.75) is 63.1 Å². The van der Waals surface area contributed by atoms with Crippen LogP contribution in [-0.4, -0.2) is 61.5 Å². The SMILES string of the molecule is CCC(CCCN1CCC(N(C)C(=O)c2ccccc2-c2ccc(C(F)(F)F)cc2)CC1)(CC(=O)OC)c1ccccc1. The van der Waals surface area contributed by atoms with Gasteiger partial charge in [-0.05, 0) is 73.5 Å². The monoisotopic (exact) mass is 594 g/mol. The van der Waals surface area contributed by atoms with E-state index in [9.17, 15) is 22.8 Å². The first kappa shape index (κ1) is 32.3. The number of carbonyl (C=O) groups is 2. The van der Waals surface area contributed by atoms with Crippen molar-refractivity contribution >= 4 is 11.9 Å². The maximum absolute atomic E-state index is 13.6. The summed E-state index contributed by atoms with van der Waals surface area (Å²) >= 11 is 0.